The Kier molecular flexibility index (Phi) is 8.86. The molecule has 4 aromatic rings. The summed E-state index contributed by atoms with van der Waals surface area (Å²) in [6.07, 6.45) is 0.983. The SMILES string of the molecule is CC(Cc1ccc(Cl)cc1)NC(=O)c1ccc(Br)cc1N(c1nsnc1Cc1ccccc1)S(=O)[O-]. The summed E-state index contributed by atoms with van der Waals surface area (Å²) in [6, 6.07) is 21.6. The molecule has 0 aliphatic heterocycles. The molecule has 0 bridgehead atoms. The van der Waals surface area contributed by atoms with Crippen LogP contribution in [0, 0.1) is 0 Å². The molecule has 11 heteroatoms. The number of nitrogens with one attached hydrogen (secondary N) is 1. The highest BCUT2D eigenvalue weighted by atomic mass is 79.9. The molecule has 1 aromatic heterocycles. The Balaban J connectivity index is 1.63. The summed E-state index contributed by atoms with van der Waals surface area (Å²) in [5.41, 5.74) is 2.86. The van der Waals surface area contributed by atoms with Gasteiger partial charge in [-0.15, -0.1) is 0 Å². The van der Waals surface area contributed by atoms with Crippen LogP contribution in [-0.4, -0.2) is 29.5 Å². The van der Waals surface area contributed by atoms with Gasteiger partial charge in [0.1, 0.15) is 5.69 Å². The molecule has 7 nitrogen and oxygen atoms in total. The van der Waals surface area contributed by atoms with Crippen LogP contribution in [0.2, 0.25) is 5.02 Å². The van der Waals surface area contributed by atoms with Gasteiger partial charge in [-0.3, -0.25) is 13.3 Å². The molecule has 0 saturated heterocycles. The Morgan fingerprint density at radius 3 is 2.53 bits per heavy atom. The van der Waals surface area contributed by atoms with Crippen molar-refractivity contribution in [3.63, 3.8) is 0 Å². The average Bonchev–Trinajstić information content (AvgIpc) is 3.28. The second kappa shape index (κ2) is 12.1. The van der Waals surface area contributed by atoms with Gasteiger partial charge in [0.15, 0.2) is 5.82 Å². The van der Waals surface area contributed by atoms with Gasteiger partial charge in [0, 0.05) is 22.0 Å². The molecule has 186 valence electrons. The topological polar surface area (TPSA) is 98.2 Å². The molecule has 0 aliphatic rings. The Bertz CT molecular complexity index is 1370. The van der Waals surface area contributed by atoms with Gasteiger partial charge in [-0.2, -0.15) is 8.75 Å². The zero-order valence-corrected chi connectivity index (χ0v) is 23.0. The van der Waals surface area contributed by atoms with Crippen molar-refractivity contribution in [1.82, 2.24) is 14.1 Å². The molecule has 1 amide bonds. The van der Waals surface area contributed by atoms with Gasteiger partial charge in [0.25, 0.3) is 5.91 Å². The van der Waals surface area contributed by atoms with Crippen molar-refractivity contribution in [3.8, 4) is 0 Å². The number of anilines is 2. The lowest BCUT2D eigenvalue weighted by Gasteiger charge is -2.27. The summed E-state index contributed by atoms with van der Waals surface area (Å²) >= 11 is 7.52. The van der Waals surface area contributed by atoms with E-state index in [9.17, 15) is 13.6 Å². The maximum absolute atomic E-state index is 13.3. The Morgan fingerprint density at radius 2 is 1.83 bits per heavy atom. The van der Waals surface area contributed by atoms with Gasteiger partial charge in [-0.25, -0.2) is 0 Å². The lowest BCUT2D eigenvalue weighted by atomic mass is 10.1. The van der Waals surface area contributed by atoms with Crippen LogP contribution >= 0.6 is 39.3 Å². The van der Waals surface area contributed by atoms with Crippen molar-refractivity contribution in [3.05, 3.63) is 105 Å². The second-order valence-corrected chi connectivity index (χ2v) is 10.8. The zero-order chi connectivity index (χ0) is 25.7. The van der Waals surface area contributed by atoms with Gasteiger partial charge in [0.05, 0.1) is 34.2 Å². The molecule has 0 radical (unpaired) electrons. The molecule has 1 heterocycles. The third-order valence-corrected chi connectivity index (χ3v) is 7.32. The summed E-state index contributed by atoms with van der Waals surface area (Å²) < 4.78 is 35.2. The van der Waals surface area contributed by atoms with E-state index >= 15 is 0 Å². The fourth-order valence-electron chi connectivity index (χ4n) is 3.71. The number of halogens is 2. The number of carbonyl (C=O) groups excluding carboxylic acids is 1. The van der Waals surface area contributed by atoms with Gasteiger partial charge in [-0.05, 0) is 54.8 Å². The number of aromatic nitrogens is 2. The van der Waals surface area contributed by atoms with Crippen molar-refractivity contribution >= 4 is 67.9 Å². The molecule has 2 atom stereocenters. The minimum atomic E-state index is -2.76. The number of amides is 1. The highest BCUT2D eigenvalue weighted by Crippen LogP contribution is 2.34. The molecule has 0 spiro atoms. The summed E-state index contributed by atoms with van der Waals surface area (Å²) in [6.45, 7) is 1.89. The first-order chi connectivity index (χ1) is 17.3. The smallest absolute Gasteiger partial charge is 0.253 e. The predicted molar refractivity (Wildman–Crippen MR) is 146 cm³/mol. The van der Waals surface area contributed by atoms with Crippen molar-refractivity contribution < 1.29 is 13.6 Å². The van der Waals surface area contributed by atoms with Crippen LogP contribution in [0.25, 0.3) is 0 Å². The third-order valence-electron chi connectivity index (χ3n) is 5.35. The van der Waals surface area contributed by atoms with Crippen LogP contribution in [0.4, 0.5) is 11.5 Å². The molecule has 0 aliphatic carbocycles. The number of nitrogens with zero attached hydrogens (tertiary/aromatic N) is 3. The Hall–Kier alpha value is -2.63. The number of carbonyl (C=O) groups is 1. The normalized spacial score (nSPS) is 12.7. The maximum atomic E-state index is 13.3. The molecule has 36 heavy (non-hydrogen) atoms. The van der Waals surface area contributed by atoms with E-state index in [1.165, 1.54) is 0 Å². The lowest BCUT2D eigenvalue weighted by molar-refractivity contribution is 0.0941. The van der Waals surface area contributed by atoms with Gasteiger partial charge >= 0.3 is 0 Å². The van der Waals surface area contributed by atoms with Crippen LogP contribution in [0.15, 0.2) is 77.3 Å². The van der Waals surface area contributed by atoms with Gasteiger partial charge < -0.3 is 9.87 Å². The first-order valence-electron chi connectivity index (χ1n) is 10.9. The molecule has 0 saturated carbocycles. The van der Waals surface area contributed by atoms with Crippen LogP contribution in [-0.2, 0) is 24.1 Å². The fourth-order valence-corrected chi connectivity index (χ4v) is 5.39. The third kappa shape index (κ3) is 6.57. The molecule has 0 fully saturated rings. The Labute approximate surface area is 229 Å². The summed E-state index contributed by atoms with van der Waals surface area (Å²) in [5, 5.41) is 3.61. The van der Waals surface area contributed by atoms with E-state index < -0.39 is 17.2 Å². The first-order valence-corrected chi connectivity index (χ1v) is 13.8. The van der Waals surface area contributed by atoms with Crippen molar-refractivity contribution in [2.45, 2.75) is 25.8 Å². The zero-order valence-electron chi connectivity index (χ0n) is 19.1. The minimum absolute atomic E-state index is 0.165. The maximum Gasteiger partial charge on any atom is 0.253 e. The molecular formula is C25H21BrClN4O3S2-. The second-order valence-electron chi connectivity index (χ2n) is 8.07. The summed E-state index contributed by atoms with van der Waals surface area (Å²) in [4.78, 5) is 13.3. The molecule has 1 N–H and O–H groups in total. The summed E-state index contributed by atoms with van der Waals surface area (Å²) in [7, 11) is 0. The van der Waals surface area contributed by atoms with Crippen LogP contribution in [0.3, 0.4) is 0 Å². The quantitative estimate of drug-likeness (QED) is 0.242. The van der Waals surface area contributed by atoms with E-state index in [1.54, 1.807) is 30.3 Å². The Morgan fingerprint density at radius 1 is 1.11 bits per heavy atom. The molecular weight excluding hydrogens is 584 g/mol. The monoisotopic (exact) mass is 603 g/mol. The lowest BCUT2D eigenvalue weighted by Crippen LogP contribution is -2.35. The number of rotatable bonds is 9. The standard InChI is InChI=1S/C25H22BrClN4O3S2/c1-16(13-18-7-10-20(27)11-8-18)28-25(32)21-12-9-19(26)15-23(21)31(36(33)34)24-22(29-35-30-24)14-17-5-3-2-4-6-17/h2-12,15-16H,13-14H2,1H3,(H,28,32)(H,33,34)/p-1. The van der Waals surface area contributed by atoms with E-state index in [4.69, 9.17) is 11.6 Å². The highest BCUT2D eigenvalue weighted by Gasteiger charge is 2.25. The van der Waals surface area contributed by atoms with Crippen molar-refractivity contribution in [2.24, 2.45) is 0 Å². The minimum Gasteiger partial charge on any atom is -0.755 e. The number of benzene rings is 3. The van der Waals surface area contributed by atoms with Crippen LogP contribution in [0.5, 0.6) is 0 Å². The van der Waals surface area contributed by atoms with Crippen molar-refractivity contribution in [2.75, 3.05) is 4.31 Å². The first kappa shape index (κ1) is 26.4. The van der Waals surface area contributed by atoms with Crippen LogP contribution in [0.1, 0.15) is 34.1 Å². The molecule has 4 rings (SSSR count). The molecule has 3 aromatic carbocycles. The van der Waals surface area contributed by atoms with Gasteiger partial charge in [0.2, 0.25) is 0 Å². The van der Waals surface area contributed by atoms with E-state index in [1.807, 2.05) is 49.4 Å². The number of hydrogen-bond acceptors (Lipinski definition) is 6. The van der Waals surface area contributed by atoms with Gasteiger partial charge in [-0.1, -0.05) is 70.0 Å². The van der Waals surface area contributed by atoms with E-state index in [-0.39, 0.29) is 23.1 Å². The largest absolute Gasteiger partial charge is 0.755 e. The fraction of sp³-hybridized carbons (Fsp3) is 0.160. The predicted octanol–water partition coefficient (Wildman–Crippen LogP) is 5.84. The van der Waals surface area contributed by atoms with Crippen LogP contribution < -0.4 is 9.62 Å². The average molecular weight is 605 g/mol. The van der Waals surface area contributed by atoms with E-state index in [0.717, 1.165) is 27.2 Å². The van der Waals surface area contributed by atoms with E-state index in [2.05, 4.69) is 30.0 Å². The molecule has 2 unspecified atom stereocenters. The number of hydrogen-bond donors (Lipinski definition) is 1. The van der Waals surface area contributed by atoms with Crippen molar-refractivity contribution in [1.29, 1.82) is 0 Å². The van der Waals surface area contributed by atoms with E-state index in [0.29, 0.717) is 28.0 Å². The highest BCUT2D eigenvalue weighted by molar-refractivity contribution is 9.10. The summed E-state index contributed by atoms with van der Waals surface area (Å²) in [5.74, 6) is -0.235.